The van der Waals surface area contributed by atoms with Crippen LogP contribution in [0.1, 0.15) is 56.3 Å². The van der Waals surface area contributed by atoms with E-state index in [9.17, 15) is 0 Å². The molecule has 1 aliphatic rings. The standard InChI is InChI=1S/C17H27NO/c1-3-16(18)17(15-10-6-7-13(2)11-15)19-12-14-8-4-5-9-14/h6-7,10-11,14,16-17H,3-5,8-9,12,18H2,1-2H3. The molecule has 19 heavy (non-hydrogen) atoms. The van der Waals surface area contributed by atoms with Crippen molar-refractivity contribution >= 4 is 0 Å². The van der Waals surface area contributed by atoms with Crippen LogP contribution in [0.3, 0.4) is 0 Å². The number of benzene rings is 1. The third-order valence-corrected chi connectivity index (χ3v) is 4.22. The van der Waals surface area contributed by atoms with Gasteiger partial charge in [0.1, 0.15) is 0 Å². The average Bonchev–Trinajstić information content (AvgIpc) is 2.92. The molecule has 2 nitrogen and oxygen atoms in total. The predicted octanol–water partition coefficient (Wildman–Crippen LogP) is 3.98. The summed E-state index contributed by atoms with van der Waals surface area (Å²) in [5.74, 6) is 0.747. The van der Waals surface area contributed by atoms with Crippen molar-refractivity contribution in [1.29, 1.82) is 0 Å². The summed E-state index contributed by atoms with van der Waals surface area (Å²) in [4.78, 5) is 0. The Labute approximate surface area is 117 Å². The van der Waals surface area contributed by atoms with Crippen LogP contribution in [0, 0.1) is 12.8 Å². The van der Waals surface area contributed by atoms with Crippen LogP contribution in [0.15, 0.2) is 24.3 Å². The second-order valence-corrected chi connectivity index (χ2v) is 5.89. The van der Waals surface area contributed by atoms with E-state index in [2.05, 4.69) is 38.1 Å². The van der Waals surface area contributed by atoms with Crippen molar-refractivity contribution in [3.8, 4) is 0 Å². The smallest absolute Gasteiger partial charge is 0.0975 e. The molecule has 106 valence electrons. The molecule has 1 aliphatic carbocycles. The summed E-state index contributed by atoms with van der Waals surface area (Å²) in [5.41, 5.74) is 8.76. The first-order valence-electron chi connectivity index (χ1n) is 7.64. The first-order valence-corrected chi connectivity index (χ1v) is 7.64. The topological polar surface area (TPSA) is 35.2 Å². The highest BCUT2D eigenvalue weighted by molar-refractivity contribution is 5.25. The second-order valence-electron chi connectivity index (χ2n) is 5.89. The van der Waals surface area contributed by atoms with Gasteiger partial charge in [0.05, 0.1) is 12.7 Å². The van der Waals surface area contributed by atoms with Crippen LogP contribution in [-0.4, -0.2) is 12.6 Å². The van der Waals surface area contributed by atoms with E-state index in [0.29, 0.717) is 0 Å². The molecule has 2 rings (SSSR count). The highest BCUT2D eigenvalue weighted by Crippen LogP contribution is 2.29. The predicted molar refractivity (Wildman–Crippen MR) is 80.1 cm³/mol. The van der Waals surface area contributed by atoms with Gasteiger partial charge in [0.2, 0.25) is 0 Å². The molecule has 0 aromatic heterocycles. The third kappa shape index (κ3) is 4.05. The van der Waals surface area contributed by atoms with Crippen molar-refractivity contribution < 1.29 is 4.74 Å². The van der Waals surface area contributed by atoms with Gasteiger partial charge in [-0.05, 0) is 37.7 Å². The maximum atomic E-state index is 6.26. The molecule has 2 N–H and O–H groups in total. The molecule has 2 atom stereocenters. The zero-order chi connectivity index (χ0) is 13.7. The zero-order valence-electron chi connectivity index (χ0n) is 12.3. The molecule has 0 amide bonds. The molecule has 0 spiro atoms. The van der Waals surface area contributed by atoms with Gasteiger partial charge in [0, 0.05) is 6.04 Å². The largest absolute Gasteiger partial charge is 0.372 e. The van der Waals surface area contributed by atoms with Crippen LogP contribution in [0.25, 0.3) is 0 Å². The van der Waals surface area contributed by atoms with Crippen molar-refractivity contribution in [3.63, 3.8) is 0 Å². The SMILES string of the molecule is CCC(N)C(OCC1CCCC1)c1cccc(C)c1. The lowest BCUT2D eigenvalue weighted by Crippen LogP contribution is -2.30. The lowest BCUT2D eigenvalue weighted by molar-refractivity contribution is 0.0127. The van der Waals surface area contributed by atoms with E-state index in [1.807, 2.05) is 0 Å². The molecule has 1 fully saturated rings. The molecule has 0 aliphatic heterocycles. The number of rotatable bonds is 6. The van der Waals surface area contributed by atoms with Crippen LogP contribution in [0.4, 0.5) is 0 Å². The molecule has 0 bridgehead atoms. The lowest BCUT2D eigenvalue weighted by atomic mass is 9.99. The van der Waals surface area contributed by atoms with E-state index in [1.54, 1.807) is 0 Å². The molecule has 0 radical (unpaired) electrons. The Morgan fingerprint density at radius 1 is 1.32 bits per heavy atom. The minimum Gasteiger partial charge on any atom is -0.372 e. The summed E-state index contributed by atoms with van der Waals surface area (Å²) in [7, 11) is 0. The Morgan fingerprint density at radius 3 is 2.68 bits per heavy atom. The molecular weight excluding hydrogens is 234 g/mol. The van der Waals surface area contributed by atoms with Gasteiger partial charge in [-0.3, -0.25) is 0 Å². The van der Waals surface area contributed by atoms with E-state index in [1.165, 1.54) is 36.8 Å². The van der Waals surface area contributed by atoms with E-state index < -0.39 is 0 Å². The second kappa shape index (κ2) is 7.06. The first-order chi connectivity index (χ1) is 9.20. The number of hydrogen-bond donors (Lipinski definition) is 1. The van der Waals surface area contributed by atoms with Crippen molar-refractivity contribution in [2.75, 3.05) is 6.61 Å². The number of ether oxygens (including phenoxy) is 1. The highest BCUT2D eigenvalue weighted by Gasteiger charge is 2.22. The maximum absolute atomic E-state index is 6.26. The molecule has 2 unspecified atom stereocenters. The van der Waals surface area contributed by atoms with Crippen LogP contribution < -0.4 is 5.73 Å². The molecule has 0 heterocycles. The van der Waals surface area contributed by atoms with Crippen molar-refractivity contribution in [3.05, 3.63) is 35.4 Å². The van der Waals surface area contributed by atoms with Gasteiger partial charge in [0.25, 0.3) is 0 Å². The Morgan fingerprint density at radius 2 is 2.05 bits per heavy atom. The fraction of sp³-hybridized carbons (Fsp3) is 0.647. The fourth-order valence-electron chi connectivity index (χ4n) is 2.94. The monoisotopic (exact) mass is 261 g/mol. The van der Waals surface area contributed by atoms with E-state index in [0.717, 1.165) is 18.9 Å². The van der Waals surface area contributed by atoms with Gasteiger partial charge in [-0.25, -0.2) is 0 Å². The Hall–Kier alpha value is -0.860. The summed E-state index contributed by atoms with van der Waals surface area (Å²) in [5, 5.41) is 0. The summed E-state index contributed by atoms with van der Waals surface area (Å²) >= 11 is 0. The molecule has 1 aromatic carbocycles. The van der Waals surface area contributed by atoms with Crippen LogP contribution in [0.5, 0.6) is 0 Å². The molecule has 1 aromatic rings. The molecule has 1 saturated carbocycles. The Kier molecular flexibility index (Phi) is 5.41. The number of hydrogen-bond acceptors (Lipinski definition) is 2. The Bertz CT molecular complexity index is 385. The van der Waals surface area contributed by atoms with Gasteiger partial charge in [-0.1, -0.05) is 49.6 Å². The highest BCUT2D eigenvalue weighted by atomic mass is 16.5. The van der Waals surface area contributed by atoms with Crippen LogP contribution in [-0.2, 0) is 4.74 Å². The fourth-order valence-corrected chi connectivity index (χ4v) is 2.94. The van der Waals surface area contributed by atoms with Crippen LogP contribution >= 0.6 is 0 Å². The lowest BCUT2D eigenvalue weighted by Gasteiger charge is -2.25. The summed E-state index contributed by atoms with van der Waals surface area (Å²) in [6.07, 6.45) is 6.37. The first kappa shape index (κ1) is 14.5. The van der Waals surface area contributed by atoms with Gasteiger partial charge in [-0.2, -0.15) is 0 Å². The normalized spacial score (nSPS) is 19.5. The average molecular weight is 261 g/mol. The minimum atomic E-state index is 0.0468. The minimum absolute atomic E-state index is 0.0468. The maximum Gasteiger partial charge on any atom is 0.0975 e. The van der Waals surface area contributed by atoms with Gasteiger partial charge in [-0.15, -0.1) is 0 Å². The van der Waals surface area contributed by atoms with Crippen molar-refractivity contribution in [2.45, 2.75) is 58.1 Å². The van der Waals surface area contributed by atoms with E-state index >= 15 is 0 Å². The van der Waals surface area contributed by atoms with Crippen molar-refractivity contribution in [1.82, 2.24) is 0 Å². The van der Waals surface area contributed by atoms with Gasteiger partial charge < -0.3 is 10.5 Å². The summed E-state index contributed by atoms with van der Waals surface area (Å²) < 4.78 is 6.19. The molecular formula is C17H27NO. The Balaban J connectivity index is 2.02. The van der Waals surface area contributed by atoms with E-state index in [-0.39, 0.29) is 12.1 Å². The van der Waals surface area contributed by atoms with E-state index in [4.69, 9.17) is 10.5 Å². The van der Waals surface area contributed by atoms with Gasteiger partial charge >= 0.3 is 0 Å². The van der Waals surface area contributed by atoms with Gasteiger partial charge in [0.15, 0.2) is 0 Å². The zero-order valence-corrected chi connectivity index (χ0v) is 12.3. The molecule has 2 heteroatoms. The van der Waals surface area contributed by atoms with Crippen molar-refractivity contribution in [2.24, 2.45) is 11.7 Å². The number of nitrogens with two attached hydrogens (primary N) is 1. The van der Waals surface area contributed by atoms with Crippen LogP contribution in [0.2, 0.25) is 0 Å². The number of aryl methyl sites for hydroxylation is 1. The summed E-state index contributed by atoms with van der Waals surface area (Å²) in [6.45, 7) is 5.12. The molecule has 0 saturated heterocycles. The third-order valence-electron chi connectivity index (χ3n) is 4.22. The quantitative estimate of drug-likeness (QED) is 0.840. The summed E-state index contributed by atoms with van der Waals surface area (Å²) in [6, 6.07) is 8.65.